The number of esters is 1. The van der Waals surface area contributed by atoms with Gasteiger partial charge in [-0.1, -0.05) is 39.0 Å². The summed E-state index contributed by atoms with van der Waals surface area (Å²) in [6.45, 7) is 15.8. The van der Waals surface area contributed by atoms with Gasteiger partial charge in [-0.25, -0.2) is 4.79 Å². The van der Waals surface area contributed by atoms with Gasteiger partial charge in [0.2, 0.25) is 0 Å². The molecule has 3 fully saturated rings. The molecule has 5 rings (SSSR count). The summed E-state index contributed by atoms with van der Waals surface area (Å²) in [6, 6.07) is 0. The van der Waals surface area contributed by atoms with Gasteiger partial charge in [0.25, 0.3) is 0 Å². The van der Waals surface area contributed by atoms with Crippen molar-refractivity contribution in [2.24, 2.45) is 34.5 Å². The Labute approximate surface area is 202 Å². The number of fused-ring (bicyclic) bond motifs is 5. The molecule has 5 aliphatic rings. The van der Waals surface area contributed by atoms with Gasteiger partial charge in [-0.05, 0) is 75.4 Å². The third-order valence-electron chi connectivity index (χ3n) is 9.65. The van der Waals surface area contributed by atoms with Gasteiger partial charge in [0.05, 0.1) is 12.0 Å². The van der Waals surface area contributed by atoms with Crippen molar-refractivity contribution in [2.45, 2.75) is 85.4 Å². The minimum Gasteiger partial charge on any atom is -0.451 e. The van der Waals surface area contributed by atoms with E-state index < -0.39 is 35.0 Å². The predicted octanol–water partition coefficient (Wildman–Crippen LogP) is 4.13. The van der Waals surface area contributed by atoms with E-state index >= 15 is 0 Å². The Kier molecular flexibility index (Phi) is 5.03. The van der Waals surface area contributed by atoms with Crippen LogP contribution in [0.3, 0.4) is 0 Å². The first-order valence-corrected chi connectivity index (χ1v) is 12.5. The minimum atomic E-state index is -1.76. The van der Waals surface area contributed by atoms with Crippen molar-refractivity contribution in [3.05, 3.63) is 34.9 Å². The van der Waals surface area contributed by atoms with E-state index in [2.05, 4.69) is 20.8 Å². The summed E-state index contributed by atoms with van der Waals surface area (Å²) >= 11 is 0. The van der Waals surface area contributed by atoms with Crippen molar-refractivity contribution in [3.63, 3.8) is 0 Å². The molecule has 2 bridgehead atoms. The van der Waals surface area contributed by atoms with Crippen LogP contribution in [0.2, 0.25) is 0 Å². The van der Waals surface area contributed by atoms with E-state index in [-0.39, 0.29) is 35.6 Å². The summed E-state index contributed by atoms with van der Waals surface area (Å²) in [6.07, 6.45) is 4.62. The van der Waals surface area contributed by atoms with E-state index in [1.165, 1.54) is 0 Å². The summed E-state index contributed by atoms with van der Waals surface area (Å²) in [7, 11) is 0. The van der Waals surface area contributed by atoms with Gasteiger partial charge in [0, 0.05) is 11.5 Å². The lowest BCUT2D eigenvalue weighted by molar-refractivity contribution is -0.303. The van der Waals surface area contributed by atoms with Crippen molar-refractivity contribution in [1.29, 1.82) is 0 Å². The SMILES string of the molecule is C/C=C(\C)C(=O)O[C@H]1C(C)=C[C@]23C(=O)[C@@H](C=C4COC(C)(C)O[C@H]4[C@]12O)[C@H]1[C@@H](C[C@H]3C)C1(C)C. The number of rotatable bonds is 2. The van der Waals surface area contributed by atoms with Crippen LogP contribution in [0.25, 0.3) is 0 Å². The van der Waals surface area contributed by atoms with E-state index in [0.29, 0.717) is 17.1 Å². The van der Waals surface area contributed by atoms with Crippen LogP contribution in [0.4, 0.5) is 0 Å². The maximum atomic E-state index is 14.6. The topological polar surface area (TPSA) is 82.1 Å². The van der Waals surface area contributed by atoms with Gasteiger partial charge in [-0.2, -0.15) is 0 Å². The molecular formula is C28H38O6. The number of Topliss-reactive ketones (excluding diaryl/α,β-unsaturated/α-hetero) is 1. The summed E-state index contributed by atoms with van der Waals surface area (Å²) < 4.78 is 18.4. The molecule has 1 N–H and O–H groups in total. The van der Waals surface area contributed by atoms with Crippen LogP contribution in [0, 0.1) is 34.5 Å². The second kappa shape index (κ2) is 7.14. The summed E-state index contributed by atoms with van der Waals surface area (Å²) in [5.74, 6) is -1.30. The highest BCUT2D eigenvalue weighted by Gasteiger charge is 2.77. The van der Waals surface area contributed by atoms with Crippen molar-refractivity contribution < 1.29 is 28.9 Å². The first kappa shape index (κ1) is 24.0. The number of ketones is 1. The molecule has 6 heteroatoms. The number of ether oxygens (including phenoxy) is 3. The molecule has 8 atom stereocenters. The highest BCUT2D eigenvalue weighted by molar-refractivity contribution is 5.96. The third kappa shape index (κ3) is 2.85. The van der Waals surface area contributed by atoms with Crippen molar-refractivity contribution in [3.8, 4) is 0 Å². The molecule has 1 saturated heterocycles. The Morgan fingerprint density at radius 1 is 1.26 bits per heavy atom. The maximum Gasteiger partial charge on any atom is 0.334 e. The molecule has 0 aromatic rings. The second-order valence-corrected chi connectivity index (χ2v) is 12.2. The molecular weight excluding hydrogens is 432 g/mol. The normalized spacial score (nSPS) is 46.1. The fourth-order valence-electron chi connectivity index (χ4n) is 7.62. The first-order chi connectivity index (χ1) is 15.7. The zero-order valence-electron chi connectivity index (χ0n) is 21.6. The van der Waals surface area contributed by atoms with Crippen molar-refractivity contribution in [1.82, 2.24) is 0 Å². The molecule has 0 aromatic carbocycles. The van der Waals surface area contributed by atoms with Crippen LogP contribution in [0.15, 0.2) is 34.9 Å². The van der Waals surface area contributed by atoms with Crippen LogP contribution >= 0.6 is 0 Å². The first-order valence-electron chi connectivity index (χ1n) is 12.5. The summed E-state index contributed by atoms with van der Waals surface area (Å²) in [5.41, 5.74) is -0.994. The maximum absolute atomic E-state index is 14.6. The quantitative estimate of drug-likeness (QED) is 0.371. The molecule has 34 heavy (non-hydrogen) atoms. The van der Waals surface area contributed by atoms with Crippen LogP contribution in [-0.4, -0.2) is 47.1 Å². The van der Waals surface area contributed by atoms with Crippen molar-refractivity contribution >= 4 is 11.8 Å². The number of hydrogen-bond acceptors (Lipinski definition) is 6. The van der Waals surface area contributed by atoms with Gasteiger partial charge in [0.1, 0.15) is 6.10 Å². The Bertz CT molecular complexity index is 1050. The molecule has 1 heterocycles. The van der Waals surface area contributed by atoms with Crippen LogP contribution in [-0.2, 0) is 23.8 Å². The van der Waals surface area contributed by atoms with Gasteiger partial charge in [-0.3, -0.25) is 4.79 Å². The molecule has 186 valence electrons. The smallest absolute Gasteiger partial charge is 0.334 e. The molecule has 0 amide bonds. The highest BCUT2D eigenvalue weighted by Crippen LogP contribution is 2.72. The van der Waals surface area contributed by atoms with Gasteiger partial charge in [-0.15, -0.1) is 0 Å². The van der Waals surface area contributed by atoms with Crippen LogP contribution < -0.4 is 0 Å². The summed E-state index contributed by atoms with van der Waals surface area (Å²) in [5, 5.41) is 12.9. The third-order valence-corrected chi connectivity index (χ3v) is 9.65. The molecule has 4 aliphatic carbocycles. The lowest BCUT2D eigenvalue weighted by atomic mass is 9.59. The Morgan fingerprint density at radius 2 is 1.94 bits per heavy atom. The van der Waals surface area contributed by atoms with E-state index in [1.807, 2.05) is 32.9 Å². The van der Waals surface area contributed by atoms with E-state index in [9.17, 15) is 14.7 Å². The van der Waals surface area contributed by atoms with E-state index in [1.54, 1.807) is 19.9 Å². The molecule has 6 nitrogen and oxygen atoms in total. The number of aliphatic hydroxyl groups is 1. The number of carbonyl (C=O) groups is 2. The fourth-order valence-corrected chi connectivity index (χ4v) is 7.62. The predicted molar refractivity (Wildman–Crippen MR) is 126 cm³/mol. The molecule has 0 radical (unpaired) electrons. The van der Waals surface area contributed by atoms with Gasteiger partial charge >= 0.3 is 5.97 Å². The molecule has 0 aromatic heterocycles. The van der Waals surface area contributed by atoms with Crippen LogP contribution in [0.5, 0.6) is 0 Å². The molecule has 2 saturated carbocycles. The molecule has 1 spiro atoms. The average molecular weight is 471 g/mol. The zero-order valence-corrected chi connectivity index (χ0v) is 21.6. The van der Waals surface area contributed by atoms with Crippen molar-refractivity contribution in [2.75, 3.05) is 6.61 Å². The number of allylic oxidation sites excluding steroid dienone is 2. The number of carbonyl (C=O) groups excluding carboxylic acids is 2. The van der Waals surface area contributed by atoms with Gasteiger partial charge in [0.15, 0.2) is 23.3 Å². The second-order valence-electron chi connectivity index (χ2n) is 12.2. The van der Waals surface area contributed by atoms with Crippen LogP contribution in [0.1, 0.15) is 61.8 Å². The Hall–Kier alpha value is -1.76. The fraction of sp³-hybridized carbons (Fsp3) is 0.714. The highest BCUT2D eigenvalue weighted by atomic mass is 16.7. The lowest BCUT2D eigenvalue weighted by Crippen LogP contribution is -2.68. The van der Waals surface area contributed by atoms with Gasteiger partial charge < -0.3 is 19.3 Å². The Morgan fingerprint density at radius 3 is 2.59 bits per heavy atom. The van der Waals surface area contributed by atoms with E-state index in [0.717, 1.165) is 12.0 Å². The minimum absolute atomic E-state index is 0.0181. The monoisotopic (exact) mass is 470 g/mol. The Balaban J connectivity index is 1.72. The molecule has 0 unspecified atom stereocenters. The average Bonchev–Trinajstić information content (AvgIpc) is 3.25. The molecule has 1 aliphatic heterocycles. The lowest BCUT2D eigenvalue weighted by Gasteiger charge is -2.52. The zero-order chi connectivity index (χ0) is 25.0. The largest absolute Gasteiger partial charge is 0.451 e. The standard InChI is InChI=1S/C28H38O6/c1-9-14(2)24(30)33-22-15(3)12-27-16(4)10-19-20(25(19,5)6)18(21(27)29)11-17-13-32-26(7,8)34-23(17)28(22,27)31/h9,11-12,16,18-20,22-23,31H,10,13H2,1-8H3/b14-9+/t16-,18+,19-,20+,22+,23-,27+,28-/m1/s1. The van der Waals surface area contributed by atoms with E-state index in [4.69, 9.17) is 14.2 Å². The number of hydrogen-bond donors (Lipinski definition) is 1. The summed E-state index contributed by atoms with van der Waals surface area (Å²) in [4.78, 5) is 27.5.